The Balaban J connectivity index is 1.58. The third-order valence-electron chi connectivity index (χ3n) is 4.95. The van der Waals surface area contributed by atoms with Gasteiger partial charge in [-0.1, -0.05) is 6.92 Å². The highest BCUT2D eigenvalue weighted by Crippen LogP contribution is 2.23. The summed E-state index contributed by atoms with van der Waals surface area (Å²) in [7, 11) is -3.63. The van der Waals surface area contributed by atoms with E-state index in [0.717, 1.165) is 5.56 Å². The molecule has 3 rings (SSSR count). The zero-order chi connectivity index (χ0) is 21.0. The average molecular weight is 420 g/mol. The second kappa shape index (κ2) is 8.79. The number of piperidine rings is 1. The molecule has 2 heterocycles. The topological polar surface area (TPSA) is 109 Å². The fraction of sp³-hybridized carbons (Fsp3) is 0.400. The van der Waals surface area contributed by atoms with Crippen molar-refractivity contribution in [3.05, 3.63) is 47.9 Å². The number of hydrogen-bond acceptors (Lipinski definition) is 5. The number of benzene rings is 1. The first kappa shape index (κ1) is 21.1. The van der Waals surface area contributed by atoms with Gasteiger partial charge < -0.3 is 15.1 Å². The third-order valence-corrected chi connectivity index (χ3v) is 6.87. The van der Waals surface area contributed by atoms with Crippen molar-refractivity contribution >= 4 is 27.5 Å². The highest BCUT2D eigenvalue weighted by Gasteiger charge is 2.30. The Labute approximate surface area is 170 Å². The van der Waals surface area contributed by atoms with Gasteiger partial charge in [0.2, 0.25) is 15.9 Å². The lowest BCUT2D eigenvalue weighted by molar-refractivity contribution is -0.115. The summed E-state index contributed by atoms with van der Waals surface area (Å²) in [6.07, 6.45) is 2.87. The molecule has 0 radical (unpaired) electrons. The molecule has 1 aliphatic heterocycles. The monoisotopic (exact) mass is 419 g/mol. The SMILES string of the molecule is CCC(=O)Nc1ccc(S(=O)(=O)N2CCC(NC(=O)c3occc3C)CC2)cc1. The number of furan rings is 1. The Kier molecular flexibility index (Phi) is 6.39. The van der Waals surface area contributed by atoms with Crippen molar-refractivity contribution in [2.75, 3.05) is 18.4 Å². The minimum Gasteiger partial charge on any atom is -0.459 e. The molecule has 1 saturated heterocycles. The molecular weight excluding hydrogens is 394 g/mol. The van der Waals surface area contributed by atoms with E-state index in [0.29, 0.717) is 38.0 Å². The molecule has 0 saturated carbocycles. The van der Waals surface area contributed by atoms with Crippen LogP contribution in [0.5, 0.6) is 0 Å². The maximum absolute atomic E-state index is 12.9. The smallest absolute Gasteiger partial charge is 0.287 e. The first-order valence-electron chi connectivity index (χ1n) is 9.56. The van der Waals surface area contributed by atoms with Crippen molar-refractivity contribution < 1.29 is 22.4 Å². The first-order valence-corrected chi connectivity index (χ1v) is 11.0. The zero-order valence-electron chi connectivity index (χ0n) is 16.5. The van der Waals surface area contributed by atoms with Gasteiger partial charge in [0.25, 0.3) is 5.91 Å². The second-order valence-corrected chi connectivity index (χ2v) is 8.95. The standard InChI is InChI=1S/C20H25N3O5S/c1-3-18(24)21-15-4-6-17(7-5-15)29(26,27)23-11-8-16(9-12-23)22-20(25)19-14(2)10-13-28-19/h4-7,10,13,16H,3,8-9,11-12H2,1-2H3,(H,21,24)(H,22,25). The van der Waals surface area contributed by atoms with Crippen molar-refractivity contribution in [1.82, 2.24) is 9.62 Å². The molecule has 1 aromatic carbocycles. The summed E-state index contributed by atoms with van der Waals surface area (Å²) in [6.45, 7) is 4.18. The van der Waals surface area contributed by atoms with E-state index in [2.05, 4.69) is 10.6 Å². The fourth-order valence-electron chi connectivity index (χ4n) is 3.21. The molecule has 0 bridgehead atoms. The summed E-state index contributed by atoms with van der Waals surface area (Å²) in [4.78, 5) is 23.9. The Morgan fingerprint density at radius 2 is 1.79 bits per heavy atom. The lowest BCUT2D eigenvalue weighted by Gasteiger charge is -2.31. The van der Waals surface area contributed by atoms with Gasteiger partial charge in [0, 0.05) is 36.8 Å². The molecule has 2 N–H and O–H groups in total. The van der Waals surface area contributed by atoms with Crippen LogP contribution in [0.15, 0.2) is 45.9 Å². The summed E-state index contributed by atoms with van der Waals surface area (Å²) in [5.74, 6) is -0.122. The van der Waals surface area contributed by atoms with Gasteiger partial charge in [0.15, 0.2) is 5.76 Å². The van der Waals surface area contributed by atoms with Crippen LogP contribution in [0, 0.1) is 6.92 Å². The number of hydrogen-bond donors (Lipinski definition) is 2. The highest BCUT2D eigenvalue weighted by atomic mass is 32.2. The number of nitrogens with zero attached hydrogens (tertiary/aromatic N) is 1. The maximum Gasteiger partial charge on any atom is 0.287 e. The van der Waals surface area contributed by atoms with E-state index in [9.17, 15) is 18.0 Å². The number of amides is 2. The number of nitrogens with one attached hydrogen (secondary N) is 2. The summed E-state index contributed by atoms with van der Waals surface area (Å²) in [5, 5.41) is 5.60. The van der Waals surface area contributed by atoms with Crippen LogP contribution >= 0.6 is 0 Å². The molecule has 0 unspecified atom stereocenters. The minimum absolute atomic E-state index is 0.106. The first-order chi connectivity index (χ1) is 13.8. The van der Waals surface area contributed by atoms with E-state index in [1.807, 2.05) is 0 Å². The van der Waals surface area contributed by atoms with Crippen LogP contribution in [0.1, 0.15) is 42.3 Å². The van der Waals surface area contributed by atoms with E-state index in [4.69, 9.17) is 4.42 Å². The van der Waals surface area contributed by atoms with Crippen LogP contribution in [0.25, 0.3) is 0 Å². The van der Waals surface area contributed by atoms with Crippen LogP contribution in [0.2, 0.25) is 0 Å². The van der Waals surface area contributed by atoms with Gasteiger partial charge in [-0.2, -0.15) is 4.31 Å². The molecule has 1 fully saturated rings. The van der Waals surface area contributed by atoms with Crippen LogP contribution < -0.4 is 10.6 Å². The van der Waals surface area contributed by atoms with Crippen LogP contribution in [0.3, 0.4) is 0 Å². The van der Waals surface area contributed by atoms with E-state index in [1.54, 1.807) is 32.0 Å². The zero-order valence-corrected chi connectivity index (χ0v) is 17.3. The summed E-state index contributed by atoms with van der Waals surface area (Å²) in [5.41, 5.74) is 1.33. The van der Waals surface area contributed by atoms with Gasteiger partial charge in [-0.3, -0.25) is 9.59 Å². The van der Waals surface area contributed by atoms with Crippen LogP contribution in [0.4, 0.5) is 5.69 Å². The number of aryl methyl sites for hydroxylation is 1. The third kappa shape index (κ3) is 4.86. The molecule has 29 heavy (non-hydrogen) atoms. The predicted molar refractivity (Wildman–Crippen MR) is 108 cm³/mol. The Morgan fingerprint density at radius 1 is 1.14 bits per heavy atom. The molecule has 0 aliphatic carbocycles. The molecular formula is C20H25N3O5S. The lowest BCUT2D eigenvalue weighted by Crippen LogP contribution is -2.46. The van der Waals surface area contributed by atoms with Crippen molar-refractivity contribution in [2.45, 2.75) is 44.0 Å². The van der Waals surface area contributed by atoms with Crippen LogP contribution in [-0.4, -0.2) is 43.7 Å². The predicted octanol–water partition coefficient (Wildman–Crippen LogP) is 2.52. The quantitative estimate of drug-likeness (QED) is 0.748. The molecule has 8 nitrogen and oxygen atoms in total. The maximum atomic E-state index is 12.9. The average Bonchev–Trinajstić information content (AvgIpc) is 3.15. The van der Waals surface area contributed by atoms with Gasteiger partial charge in [-0.15, -0.1) is 0 Å². The summed E-state index contributed by atoms with van der Waals surface area (Å²) in [6, 6.07) is 7.77. The fourth-order valence-corrected chi connectivity index (χ4v) is 4.68. The molecule has 1 aliphatic rings. The van der Waals surface area contributed by atoms with Crippen molar-refractivity contribution in [3.8, 4) is 0 Å². The van der Waals surface area contributed by atoms with Gasteiger partial charge >= 0.3 is 0 Å². The van der Waals surface area contributed by atoms with E-state index < -0.39 is 10.0 Å². The van der Waals surface area contributed by atoms with Gasteiger partial charge in [-0.25, -0.2) is 8.42 Å². The largest absolute Gasteiger partial charge is 0.459 e. The van der Waals surface area contributed by atoms with E-state index in [1.165, 1.54) is 22.7 Å². The molecule has 1 aromatic heterocycles. The second-order valence-electron chi connectivity index (χ2n) is 7.01. The lowest BCUT2D eigenvalue weighted by atomic mass is 10.1. The molecule has 2 amide bonds. The number of carbonyl (C=O) groups is 2. The van der Waals surface area contributed by atoms with Gasteiger partial charge in [0.05, 0.1) is 11.2 Å². The molecule has 156 valence electrons. The van der Waals surface area contributed by atoms with Crippen molar-refractivity contribution in [3.63, 3.8) is 0 Å². The van der Waals surface area contributed by atoms with Crippen molar-refractivity contribution in [1.29, 1.82) is 0 Å². The Hall–Kier alpha value is -2.65. The Morgan fingerprint density at radius 3 is 2.34 bits per heavy atom. The molecule has 0 atom stereocenters. The van der Waals surface area contributed by atoms with Gasteiger partial charge in [-0.05, 0) is 50.1 Å². The number of carbonyl (C=O) groups excluding carboxylic acids is 2. The Bertz CT molecular complexity index is 974. The van der Waals surface area contributed by atoms with Crippen LogP contribution in [-0.2, 0) is 14.8 Å². The van der Waals surface area contributed by atoms with Gasteiger partial charge in [0.1, 0.15) is 0 Å². The minimum atomic E-state index is -3.63. The number of anilines is 1. The molecule has 2 aromatic rings. The normalized spacial score (nSPS) is 15.8. The molecule has 0 spiro atoms. The van der Waals surface area contributed by atoms with E-state index >= 15 is 0 Å². The molecule has 9 heteroatoms. The number of rotatable bonds is 6. The van der Waals surface area contributed by atoms with E-state index in [-0.39, 0.29) is 28.5 Å². The summed E-state index contributed by atoms with van der Waals surface area (Å²) >= 11 is 0. The highest BCUT2D eigenvalue weighted by molar-refractivity contribution is 7.89. The summed E-state index contributed by atoms with van der Waals surface area (Å²) < 4.78 is 32.4. The number of sulfonamides is 1. The van der Waals surface area contributed by atoms with Crippen molar-refractivity contribution in [2.24, 2.45) is 0 Å².